The first kappa shape index (κ1) is 12.0. The van der Waals surface area contributed by atoms with Crippen LogP contribution in [0.5, 0.6) is 0 Å². The molecule has 3 nitrogen and oxygen atoms in total. The molecule has 0 aliphatic carbocycles. The number of aromatic nitrogens is 2. The molecule has 2 heterocycles. The average Bonchev–Trinajstić information content (AvgIpc) is 2.90. The van der Waals surface area contributed by atoms with Gasteiger partial charge in [-0.3, -0.25) is 0 Å². The third-order valence-electron chi connectivity index (χ3n) is 3.75. The summed E-state index contributed by atoms with van der Waals surface area (Å²) in [4.78, 5) is 8.09. The minimum Gasteiger partial charge on any atom is -0.466 e. The molecular weight excluding hydrogens is 236 g/mol. The molecule has 0 saturated heterocycles. The number of benzene rings is 1. The molecule has 0 fully saturated rings. The van der Waals surface area contributed by atoms with E-state index in [4.69, 9.17) is 4.42 Å². The minimum absolute atomic E-state index is 0.898. The quantitative estimate of drug-likeness (QED) is 0.740. The molecule has 0 unspecified atom stereocenters. The van der Waals surface area contributed by atoms with Crippen LogP contribution in [0.15, 0.2) is 22.6 Å². The Balaban J connectivity index is 2.20. The summed E-state index contributed by atoms with van der Waals surface area (Å²) in [7, 11) is 0. The predicted octanol–water partition coefficient (Wildman–Crippen LogP) is 4.31. The SMILES string of the molecule is CCc1ccc2nc(-c3c(C)oc(C)c3C)[nH]c2c1. The van der Waals surface area contributed by atoms with Gasteiger partial charge >= 0.3 is 0 Å². The number of hydrogen-bond donors (Lipinski definition) is 1. The highest BCUT2D eigenvalue weighted by Crippen LogP contribution is 2.31. The van der Waals surface area contributed by atoms with Crippen molar-refractivity contribution in [3.63, 3.8) is 0 Å². The second kappa shape index (κ2) is 4.26. The minimum atomic E-state index is 0.898. The van der Waals surface area contributed by atoms with Crippen LogP contribution < -0.4 is 0 Å². The van der Waals surface area contributed by atoms with Crippen LogP contribution in [0.1, 0.15) is 29.6 Å². The van der Waals surface area contributed by atoms with Gasteiger partial charge in [0.1, 0.15) is 17.3 Å². The number of fused-ring (bicyclic) bond motifs is 1. The Bertz CT molecular complexity index is 750. The number of rotatable bonds is 2. The maximum atomic E-state index is 5.68. The van der Waals surface area contributed by atoms with Gasteiger partial charge in [0, 0.05) is 5.56 Å². The van der Waals surface area contributed by atoms with Gasteiger partial charge in [-0.15, -0.1) is 0 Å². The zero-order valence-electron chi connectivity index (χ0n) is 11.8. The first-order chi connectivity index (χ1) is 9.10. The summed E-state index contributed by atoms with van der Waals surface area (Å²) in [5.41, 5.74) is 5.66. The first-order valence-corrected chi connectivity index (χ1v) is 6.65. The third kappa shape index (κ3) is 1.86. The predicted molar refractivity (Wildman–Crippen MR) is 77.4 cm³/mol. The van der Waals surface area contributed by atoms with E-state index in [-0.39, 0.29) is 0 Å². The van der Waals surface area contributed by atoms with Crippen LogP contribution >= 0.6 is 0 Å². The van der Waals surface area contributed by atoms with Gasteiger partial charge < -0.3 is 9.40 Å². The van der Waals surface area contributed by atoms with E-state index in [9.17, 15) is 0 Å². The van der Waals surface area contributed by atoms with Crippen molar-refractivity contribution in [3.8, 4) is 11.4 Å². The van der Waals surface area contributed by atoms with Crippen molar-refractivity contribution in [1.29, 1.82) is 0 Å². The van der Waals surface area contributed by atoms with Gasteiger partial charge in [0.2, 0.25) is 0 Å². The summed E-state index contributed by atoms with van der Waals surface area (Å²) in [5, 5.41) is 0. The van der Waals surface area contributed by atoms with E-state index in [1.807, 2.05) is 13.8 Å². The summed E-state index contributed by atoms with van der Waals surface area (Å²) >= 11 is 0. The van der Waals surface area contributed by atoms with E-state index in [0.29, 0.717) is 0 Å². The fourth-order valence-corrected chi connectivity index (χ4v) is 2.54. The molecule has 0 radical (unpaired) electrons. The fraction of sp³-hybridized carbons (Fsp3) is 0.312. The van der Waals surface area contributed by atoms with Crippen molar-refractivity contribution in [2.45, 2.75) is 34.1 Å². The molecule has 0 bridgehead atoms. The normalized spacial score (nSPS) is 11.4. The van der Waals surface area contributed by atoms with Gasteiger partial charge in [0.15, 0.2) is 0 Å². The molecule has 3 rings (SSSR count). The van der Waals surface area contributed by atoms with Gasteiger partial charge in [-0.1, -0.05) is 13.0 Å². The standard InChI is InChI=1S/C16H18N2O/c1-5-12-6-7-13-14(8-12)18-16(17-13)15-9(2)10(3)19-11(15)4/h6-8H,5H2,1-4H3,(H,17,18). The number of furan rings is 1. The molecule has 98 valence electrons. The average molecular weight is 254 g/mol. The number of hydrogen-bond acceptors (Lipinski definition) is 2. The Kier molecular flexibility index (Phi) is 2.70. The summed E-state index contributed by atoms with van der Waals surface area (Å²) in [6.45, 7) is 8.21. The number of H-pyrrole nitrogens is 1. The number of nitrogens with zero attached hydrogens (tertiary/aromatic N) is 1. The van der Waals surface area contributed by atoms with E-state index in [0.717, 1.165) is 45.9 Å². The smallest absolute Gasteiger partial charge is 0.142 e. The van der Waals surface area contributed by atoms with E-state index >= 15 is 0 Å². The summed E-state index contributed by atoms with van der Waals surface area (Å²) in [6, 6.07) is 6.38. The molecule has 0 aliphatic rings. The summed E-state index contributed by atoms with van der Waals surface area (Å²) < 4.78 is 5.68. The molecule has 0 atom stereocenters. The lowest BCUT2D eigenvalue weighted by atomic mass is 10.1. The van der Waals surface area contributed by atoms with Crippen LogP contribution in [0, 0.1) is 20.8 Å². The van der Waals surface area contributed by atoms with Gasteiger partial charge in [-0.2, -0.15) is 0 Å². The molecule has 0 aliphatic heterocycles. The monoisotopic (exact) mass is 254 g/mol. The van der Waals surface area contributed by atoms with E-state index < -0.39 is 0 Å². The molecule has 1 aromatic carbocycles. The zero-order valence-corrected chi connectivity index (χ0v) is 11.8. The molecular formula is C16H18N2O. The van der Waals surface area contributed by atoms with Crippen molar-refractivity contribution < 1.29 is 4.42 Å². The fourth-order valence-electron chi connectivity index (χ4n) is 2.54. The Morgan fingerprint density at radius 3 is 2.58 bits per heavy atom. The largest absolute Gasteiger partial charge is 0.466 e. The van der Waals surface area contributed by atoms with Crippen LogP contribution in [-0.4, -0.2) is 9.97 Å². The zero-order chi connectivity index (χ0) is 13.6. The third-order valence-corrected chi connectivity index (χ3v) is 3.75. The van der Waals surface area contributed by atoms with Gasteiger partial charge in [0.05, 0.1) is 16.6 Å². The van der Waals surface area contributed by atoms with Crippen LogP contribution in [-0.2, 0) is 6.42 Å². The Morgan fingerprint density at radius 1 is 1.16 bits per heavy atom. The topological polar surface area (TPSA) is 41.8 Å². The highest BCUT2D eigenvalue weighted by Gasteiger charge is 2.16. The summed E-state index contributed by atoms with van der Waals surface area (Å²) in [6.07, 6.45) is 1.03. The van der Waals surface area contributed by atoms with Crippen molar-refractivity contribution in [2.24, 2.45) is 0 Å². The van der Waals surface area contributed by atoms with Crippen LogP contribution in [0.2, 0.25) is 0 Å². The number of nitrogens with one attached hydrogen (secondary N) is 1. The molecule has 0 amide bonds. The molecule has 19 heavy (non-hydrogen) atoms. The lowest BCUT2D eigenvalue weighted by Gasteiger charge is -1.95. The van der Waals surface area contributed by atoms with E-state index in [1.54, 1.807) is 0 Å². The molecule has 3 aromatic rings. The molecule has 0 saturated carbocycles. The van der Waals surface area contributed by atoms with Gasteiger partial charge in [-0.25, -0.2) is 4.98 Å². The number of aromatic amines is 1. The van der Waals surface area contributed by atoms with E-state index in [2.05, 4.69) is 42.0 Å². The number of imidazole rings is 1. The van der Waals surface area contributed by atoms with Gasteiger partial charge in [0.25, 0.3) is 0 Å². The molecule has 1 N–H and O–H groups in total. The second-order valence-electron chi connectivity index (χ2n) is 5.00. The van der Waals surface area contributed by atoms with Crippen LogP contribution in [0.25, 0.3) is 22.4 Å². The van der Waals surface area contributed by atoms with Crippen LogP contribution in [0.4, 0.5) is 0 Å². The maximum absolute atomic E-state index is 5.68. The summed E-state index contributed by atoms with van der Waals surface area (Å²) in [5.74, 6) is 2.78. The number of aryl methyl sites for hydroxylation is 3. The van der Waals surface area contributed by atoms with Gasteiger partial charge in [-0.05, 0) is 44.9 Å². The molecule has 3 heteroatoms. The van der Waals surface area contributed by atoms with Crippen molar-refractivity contribution in [2.75, 3.05) is 0 Å². The maximum Gasteiger partial charge on any atom is 0.142 e. The Labute approximate surface area is 112 Å². The van der Waals surface area contributed by atoms with Crippen molar-refractivity contribution in [3.05, 3.63) is 40.8 Å². The highest BCUT2D eigenvalue weighted by molar-refractivity contribution is 5.81. The molecule has 0 spiro atoms. The molecule has 2 aromatic heterocycles. The first-order valence-electron chi connectivity index (χ1n) is 6.65. The van der Waals surface area contributed by atoms with Crippen molar-refractivity contribution >= 4 is 11.0 Å². The lowest BCUT2D eigenvalue weighted by molar-refractivity contribution is 0.503. The van der Waals surface area contributed by atoms with E-state index in [1.165, 1.54) is 5.56 Å². The second-order valence-corrected chi connectivity index (χ2v) is 5.00. The highest BCUT2D eigenvalue weighted by atomic mass is 16.3. The van der Waals surface area contributed by atoms with Crippen molar-refractivity contribution in [1.82, 2.24) is 9.97 Å². The lowest BCUT2D eigenvalue weighted by Crippen LogP contribution is -1.83. The Morgan fingerprint density at radius 2 is 1.95 bits per heavy atom. The van der Waals surface area contributed by atoms with Crippen LogP contribution in [0.3, 0.4) is 0 Å². The Hall–Kier alpha value is -2.03.